The molecule has 0 aromatic carbocycles. The summed E-state index contributed by atoms with van der Waals surface area (Å²) in [6, 6.07) is 0. The quantitative estimate of drug-likeness (QED) is 0.734. The van der Waals surface area contributed by atoms with Crippen LogP contribution in [-0.2, 0) is 0 Å². The molecule has 0 saturated carbocycles. The Labute approximate surface area is 102 Å². The molecule has 1 fully saturated rings. The molecule has 1 aromatic heterocycles. The van der Waals surface area contributed by atoms with Gasteiger partial charge in [0.15, 0.2) is 16.4 Å². The van der Waals surface area contributed by atoms with Gasteiger partial charge in [-0.1, -0.05) is 11.8 Å². The van der Waals surface area contributed by atoms with Crippen LogP contribution in [0.3, 0.4) is 0 Å². The van der Waals surface area contributed by atoms with Gasteiger partial charge in [0.2, 0.25) is 0 Å². The molecule has 3 heterocycles. The molecule has 0 aliphatic carbocycles. The Balaban J connectivity index is 1.98. The Morgan fingerprint density at radius 1 is 1.62 bits per heavy atom. The maximum Gasteiger partial charge on any atom is 0.270 e. The lowest BCUT2D eigenvalue weighted by Crippen LogP contribution is -2.59. The molecule has 86 valence electrons. The van der Waals surface area contributed by atoms with Crippen LogP contribution in [0, 0.1) is 0 Å². The summed E-state index contributed by atoms with van der Waals surface area (Å²) in [6.45, 7) is 1.76. The molecule has 1 amide bonds. The second-order valence-corrected chi connectivity index (χ2v) is 5.77. The number of carbonyl (C=O) groups excluding carboxylic acids is 1. The van der Waals surface area contributed by atoms with Crippen LogP contribution in [0.2, 0.25) is 0 Å². The van der Waals surface area contributed by atoms with Crippen molar-refractivity contribution in [3.63, 3.8) is 0 Å². The Morgan fingerprint density at radius 3 is 3.31 bits per heavy atom. The Morgan fingerprint density at radius 2 is 2.50 bits per heavy atom. The van der Waals surface area contributed by atoms with Gasteiger partial charge in [0.05, 0.1) is 0 Å². The van der Waals surface area contributed by atoms with Crippen LogP contribution in [-0.4, -0.2) is 41.4 Å². The molecule has 0 bridgehead atoms. The summed E-state index contributed by atoms with van der Waals surface area (Å²) < 4.78 is 0.936. The number of aromatic nitrogens is 1. The molecular formula is C9H12N4OS2. The van der Waals surface area contributed by atoms with E-state index in [1.54, 1.807) is 11.8 Å². The van der Waals surface area contributed by atoms with Gasteiger partial charge in [-0.2, -0.15) is 0 Å². The smallest absolute Gasteiger partial charge is 0.270 e. The van der Waals surface area contributed by atoms with Crippen LogP contribution in [0.4, 0.5) is 5.82 Å². The van der Waals surface area contributed by atoms with Crippen molar-refractivity contribution >= 4 is 34.8 Å². The number of thiazole rings is 1. The molecule has 3 rings (SSSR count). The van der Waals surface area contributed by atoms with E-state index in [0.29, 0.717) is 0 Å². The Kier molecular flexibility index (Phi) is 2.53. The molecule has 1 unspecified atom stereocenters. The summed E-state index contributed by atoms with van der Waals surface area (Å²) in [6.07, 6.45) is 2.90. The molecule has 2 N–H and O–H groups in total. The highest BCUT2D eigenvalue weighted by molar-refractivity contribution is 8.00. The zero-order chi connectivity index (χ0) is 11.1. The Hall–Kier alpha value is -0.790. The molecule has 1 aromatic rings. The van der Waals surface area contributed by atoms with Crippen LogP contribution in [0.5, 0.6) is 0 Å². The molecule has 7 heteroatoms. The number of thioether (sulfide) groups is 1. The number of rotatable bonds is 1. The maximum atomic E-state index is 12.2. The number of hydrogen-bond acceptors (Lipinski definition) is 6. The molecule has 16 heavy (non-hydrogen) atoms. The van der Waals surface area contributed by atoms with Crippen LogP contribution >= 0.6 is 23.1 Å². The van der Waals surface area contributed by atoms with Crippen molar-refractivity contribution in [2.24, 2.45) is 0 Å². The normalized spacial score (nSPS) is 23.7. The first-order valence-corrected chi connectivity index (χ1v) is 7.19. The summed E-state index contributed by atoms with van der Waals surface area (Å²) in [5, 5.41) is 6.54. The molecule has 1 atom stereocenters. The van der Waals surface area contributed by atoms with Gasteiger partial charge in [0.1, 0.15) is 4.88 Å². The van der Waals surface area contributed by atoms with Gasteiger partial charge < -0.3 is 10.2 Å². The van der Waals surface area contributed by atoms with Crippen molar-refractivity contribution in [2.75, 3.05) is 24.7 Å². The van der Waals surface area contributed by atoms with Crippen LogP contribution in [0.25, 0.3) is 0 Å². The van der Waals surface area contributed by atoms with E-state index in [0.717, 1.165) is 34.5 Å². The van der Waals surface area contributed by atoms with Crippen molar-refractivity contribution in [3.8, 4) is 0 Å². The molecule has 0 spiro atoms. The minimum absolute atomic E-state index is 0.0782. The van der Waals surface area contributed by atoms with E-state index in [-0.39, 0.29) is 12.2 Å². The SMILES string of the molecule is CSc1nc2c(s1)C(=O)N1CCCNC1N2. The average molecular weight is 256 g/mol. The van der Waals surface area contributed by atoms with Crippen LogP contribution in [0.15, 0.2) is 4.34 Å². The summed E-state index contributed by atoms with van der Waals surface area (Å²) >= 11 is 3.04. The van der Waals surface area contributed by atoms with Crippen LogP contribution in [0.1, 0.15) is 16.1 Å². The van der Waals surface area contributed by atoms with Crippen molar-refractivity contribution < 1.29 is 4.79 Å². The van der Waals surface area contributed by atoms with Gasteiger partial charge in [-0.3, -0.25) is 10.1 Å². The topological polar surface area (TPSA) is 57.3 Å². The zero-order valence-corrected chi connectivity index (χ0v) is 10.5. The number of amides is 1. The van der Waals surface area contributed by atoms with Gasteiger partial charge in [-0.05, 0) is 12.7 Å². The highest BCUT2D eigenvalue weighted by Crippen LogP contribution is 2.34. The first-order chi connectivity index (χ1) is 7.79. The largest absolute Gasteiger partial charge is 0.336 e. The van der Waals surface area contributed by atoms with Crippen LogP contribution < -0.4 is 10.6 Å². The predicted octanol–water partition coefficient (Wildman–Crippen LogP) is 1.01. The summed E-state index contributed by atoms with van der Waals surface area (Å²) in [7, 11) is 0. The number of fused-ring (bicyclic) bond motifs is 2. The maximum absolute atomic E-state index is 12.2. The third-order valence-electron chi connectivity index (χ3n) is 2.74. The highest BCUT2D eigenvalue weighted by Gasteiger charge is 2.35. The summed E-state index contributed by atoms with van der Waals surface area (Å²) in [5.74, 6) is 0.832. The summed E-state index contributed by atoms with van der Waals surface area (Å²) in [4.78, 5) is 19.2. The van der Waals surface area contributed by atoms with Gasteiger partial charge in [-0.15, -0.1) is 11.3 Å². The van der Waals surface area contributed by atoms with Gasteiger partial charge >= 0.3 is 0 Å². The van der Waals surface area contributed by atoms with E-state index in [2.05, 4.69) is 15.6 Å². The van der Waals surface area contributed by atoms with Gasteiger partial charge in [0, 0.05) is 13.1 Å². The van der Waals surface area contributed by atoms with Crippen molar-refractivity contribution in [1.82, 2.24) is 15.2 Å². The Bertz CT molecular complexity index is 433. The number of hydrogen-bond donors (Lipinski definition) is 2. The second kappa shape index (κ2) is 3.90. The fourth-order valence-electron chi connectivity index (χ4n) is 1.97. The minimum Gasteiger partial charge on any atom is -0.336 e. The number of anilines is 1. The second-order valence-electron chi connectivity index (χ2n) is 3.71. The first kappa shape index (κ1) is 10.4. The fourth-order valence-corrected chi connectivity index (χ4v) is 3.45. The van der Waals surface area contributed by atoms with Crippen molar-refractivity contribution in [3.05, 3.63) is 4.88 Å². The fraction of sp³-hybridized carbons (Fsp3) is 0.556. The van der Waals surface area contributed by atoms with Crippen molar-refractivity contribution in [1.29, 1.82) is 0 Å². The zero-order valence-electron chi connectivity index (χ0n) is 8.82. The number of nitrogens with zero attached hydrogens (tertiary/aromatic N) is 2. The monoisotopic (exact) mass is 256 g/mol. The predicted molar refractivity (Wildman–Crippen MR) is 65.0 cm³/mol. The lowest BCUT2D eigenvalue weighted by atomic mass is 10.2. The summed E-state index contributed by atoms with van der Waals surface area (Å²) in [5.41, 5.74) is 0. The van der Waals surface area contributed by atoms with E-state index in [1.165, 1.54) is 11.3 Å². The standard InChI is InChI=1S/C9H12N4OS2/c1-15-9-12-6-5(16-9)7(14)13-4-2-3-10-8(13)11-6/h8,10-11H,2-4H2,1H3. The van der Waals surface area contributed by atoms with E-state index in [9.17, 15) is 4.79 Å². The third-order valence-corrected chi connectivity index (χ3v) is 4.76. The van der Waals surface area contributed by atoms with E-state index in [1.807, 2.05) is 11.2 Å². The molecule has 2 aliphatic rings. The first-order valence-electron chi connectivity index (χ1n) is 5.15. The lowest BCUT2D eigenvalue weighted by molar-refractivity contribution is 0.0605. The molecule has 1 saturated heterocycles. The van der Waals surface area contributed by atoms with Crippen molar-refractivity contribution in [2.45, 2.75) is 17.1 Å². The molecule has 2 aliphatic heterocycles. The number of carbonyl (C=O) groups is 1. The van der Waals surface area contributed by atoms with E-state index >= 15 is 0 Å². The number of nitrogens with one attached hydrogen (secondary N) is 2. The average Bonchev–Trinajstić information content (AvgIpc) is 2.73. The lowest BCUT2D eigenvalue weighted by Gasteiger charge is -2.39. The molecular weight excluding hydrogens is 244 g/mol. The highest BCUT2D eigenvalue weighted by atomic mass is 32.2. The minimum atomic E-state index is -0.0782. The van der Waals surface area contributed by atoms with E-state index in [4.69, 9.17) is 0 Å². The molecule has 0 radical (unpaired) electrons. The molecule has 5 nitrogen and oxygen atoms in total. The third kappa shape index (κ3) is 1.50. The van der Waals surface area contributed by atoms with E-state index < -0.39 is 0 Å². The van der Waals surface area contributed by atoms with Gasteiger partial charge in [0.25, 0.3) is 5.91 Å². The van der Waals surface area contributed by atoms with Gasteiger partial charge in [-0.25, -0.2) is 4.98 Å².